The fourth-order valence-corrected chi connectivity index (χ4v) is 2.63. The normalized spacial score (nSPS) is 9.76. The van der Waals surface area contributed by atoms with Gasteiger partial charge in [-0.2, -0.15) is 10.5 Å². The van der Waals surface area contributed by atoms with Gasteiger partial charge in [0.15, 0.2) is 0 Å². The van der Waals surface area contributed by atoms with Gasteiger partial charge in [-0.1, -0.05) is 24.3 Å². The largest absolute Gasteiger partial charge is 0.469 e. The maximum Gasteiger partial charge on any atom is 0.310 e. The average Bonchev–Trinajstić information content (AvgIpc) is 2.75. The molecule has 29 heavy (non-hydrogen) atoms. The molecule has 6 heteroatoms. The smallest absolute Gasteiger partial charge is 0.310 e. The zero-order valence-corrected chi connectivity index (χ0v) is 15.6. The van der Waals surface area contributed by atoms with Gasteiger partial charge in [-0.15, -0.1) is 0 Å². The van der Waals surface area contributed by atoms with Crippen LogP contribution in [-0.2, 0) is 16.0 Å². The first-order valence-electron chi connectivity index (χ1n) is 8.67. The van der Waals surface area contributed by atoms with Crippen molar-refractivity contribution in [2.75, 3.05) is 7.11 Å². The van der Waals surface area contributed by atoms with Crippen LogP contribution < -0.4 is 9.47 Å². The fourth-order valence-electron chi connectivity index (χ4n) is 2.63. The van der Waals surface area contributed by atoms with Crippen molar-refractivity contribution in [1.29, 1.82) is 10.5 Å². The molecule has 0 amide bonds. The van der Waals surface area contributed by atoms with Crippen molar-refractivity contribution in [3.8, 4) is 35.1 Å². The van der Waals surface area contributed by atoms with Gasteiger partial charge in [0.2, 0.25) is 0 Å². The number of hydrogen-bond acceptors (Lipinski definition) is 6. The van der Waals surface area contributed by atoms with Gasteiger partial charge in [-0.05, 0) is 36.4 Å². The van der Waals surface area contributed by atoms with Crippen LogP contribution in [0.1, 0.15) is 16.7 Å². The Morgan fingerprint density at radius 2 is 1.48 bits per heavy atom. The number of esters is 1. The molecule has 0 fully saturated rings. The first-order chi connectivity index (χ1) is 14.1. The Morgan fingerprint density at radius 1 is 0.828 bits per heavy atom. The predicted octanol–water partition coefficient (Wildman–Crippen LogP) is 4.73. The standard InChI is InChI=1S/C23H16N2O4/c1-27-23(26)12-18-5-2-3-8-22(18)29-20-7-4-6-19(13-20)28-21-10-16(14-24)9-17(11-21)15-25/h2-11,13H,12H2,1H3. The van der Waals surface area contributed by atoms with E-state index in [-0.39, 0.29) is 12.4 Å². The van der Waals surface area contributed by atoms with Gasteiger partial charge in [-0.25, -0.2) is 0 Å². The van der Waals surface area contributed by atoms with Crippen molar-refractivity contribution in [3.05, 3.63) is 83.4 Å². The van der Waals surface area contributed by atoms with Crippen LogP contribution in [0.2, 0.25) is 0 Å². The van der Waals surface area contributed by atoms with Gasteiger partial charge in [0.05, 0.1) is 36.8 Å². The van der Waals surface area contributed by atoms with E-state index in [4.69, 9.17) is 24.7 Å². The molecular weight excluding hydrogens is 368 g/mol. The molecule has 3 rings (SSSR count). The van der Waals surface area contributed by atoms with Crippen LogP contribution in [-0.4, -0.2) is 13.1 Å². The summed E-state index contributed by atoms with van der Waals surface area (Å²) in [6, 6.07) is 22.7. The minimum Gasteiger partial charge on any atom is -0.469 e. The van der Waals surface area contributed by atoms with E-state index in [9.17, 15) is 4.79 Å². The molecule has 0 N–H and O–H groups in total. The van der Waals surface area contributed by atoms with E-state index in [0.29, 0.717) is 39.7 Å². The molecule has 0 bridgehead atoms. The second-order valence-corrected chi connectivity index (χ2v) is 6.01. The third-order valence-electron chi connectivity index (χ3n) is 3.97. The fraction of sp³-hybridized carbons (Fsp3) is 0.0870. The number of methoxy groups -OCH3 is 1. The Balaban J connectivity index is 1.82. The lowest BCUT2D eigenvalue weighted by Crippen LogP contribution is -2.05. The summed E-state index contributed by atoms with van der Waals surface area (Å²) in [5.74, 6) is 1.55. The summed E-state index contributed by atoms with van der Waals surface area (Å²) < 4.78 is 16.5. The lowest BCUT2D eigenvalue weighted by Gasteiger charge is -2.12. The third-order valence-corrected chi connectivity index (χ3v) is 3.97. The van der Waals surface area contributed by atoms with Crippen molar-refractivity contribution in [2.45, 2.75) is 6.42 Å². The SMILES string of the molecule is COC(=O)Cc1ccccc1Oc1cccc(Oc2cc(C#N)cc(C#N)c2)c1. The highest BCUT2D eigenvalue weighted by molar-refractivity contribution is 5.73. The maximum absolute atomic E-state index is 11.6. The summed E-state index contributed by atoms with van der Waals surface area (Å²) in [6.07, 6.45) is 0.0980. The molecule has 0 saturated heterocycles. The van der Waals surface area contributed by atoms with Gasteiger partial charge in [0.1, 0.15) is 23.0 Å². The molecule has 3 aromatic carbocycles. The van der Waals surface area contributed by atoms with Crippen LogP contribution >= 0.6 is 0 Å². The summed E-state index contributed by atoms with van der Waals surface area (Å²) in [6.45, 7) is 0. The molecule has 0 aliphatic rings. The first-order valence-corrected chi connectivity index (χ1v) is 8.67. The van der Waals surface area contributed by atoms with Crippen LogP contribution in [0.4, 0.5) is 0 Å². The molecule has 0 unspecified atom stereocenters. The highest BCUT2D eigenvalue weighted by Crippen LogP contribution is 2.31. The van der Waals surface area contributed by atoms with Crippen LogP contribution in [0.15, 0.2) is 66.7 Å². The Kier molecular flexibility index (Phi) is 6.09. The Morgan fingerprint density at radius 3 is 2.14 bits per heavy atom. The Bertz CT molecular complexity index is 1090. The quantitative estimate of drug-likeness (QED) is 0.571. The second kappa shape index (κ2) is 9.07. The van der Waals surface area contributed by atoms with Gasteiger partial charge >= 0.3 is 5.97 Å². The number of hydrogen-bond donors (Lipinski definition) is 0. The minimum atomic E-state index is -0.358. The first kappa shape index (κ1) is 19.5. The zero-order valence-electron chi connectivity index (χ0n) is 15.6. The maximum atomic E-state index is 11.6. The summed E-state index contributed by atoms with van der Waals surface area (Å²) >= 11 is 0. The average molecular weight is 384 g/mol. The van der Waals surface area contributed by atoms with E-state index in [1.54, 1.807) is 48.5 Å². The Labute approximate surface area is 168 Å². The Hall–Kier alpha value is -4.29. The van der Waals surface area contributed by atoms with Crippen molar-refractivity contribution in [1.82, 2.24) is 0 Å². The van der Waals surface area contributed by atoms with E-state index >= 15 is 0 Å². The highest BCUT2D eigenvalue weighted by Gasteiger charge is 2.10. The molecule has 3 aromatic rings. The van der Waals surface area contributed by atoms with E-state index < -0.39 is 0 Å². The van der Waals surface area contributed by atoms with Crippen molar-refractivity contribution >= 4 is 5.97 Å². The van der Waals surface area contributed by atoms with Crippen LogP contribution in [0, 0.1) is 22.7 Å². The van der Waals surface area contributed by atoms with Gasteiger partial charge < -0.3 is 14.2 Å². The molecule has 0 radical (unpaired) electrons. The monoisotopic (exact) mass is 384 g/mol. The molecule has 0 aromatic heterocycles. The van der Waals surface area contributed by atoms with Crippen molar-refractivity contribution in [3.63, 3.8) is 0 Å². The molecule has 0 atom stereocenters. The van der Waals surface area contributed by atoms with E-state index in [1.807, 2.05) is 24.3 Å². The van der Waals surface area contributed by atoms with Crippen molar-refractivity contribution in [2.24, 2.45) is 0 Å². The summed E-state index contributed by atoms with van der Waals surface area (Å²) in [4.78, 5) is 11.6. The number of ether oxygens (including phenoxy) is 3. The molecule has 0 saturated carbocycles. The number of rotatable bonds is 6. The molecule has 6 nitrogen and oxygen atoms in total. The van der Waals surface area contributed by atoms with E-state index in [2.05, 4.69) is 0 Å². The topological polar surface area (TPSA) is 92.3 Å². The number of carbonyl (C=O) groups excluding carboxylic acids is 1. The van der Waals surface area contributed by atoms with Crippen LogP contribution in [0.25, 0.3) is 0 Å². The predicted molar refractivity (Wildman–Crippen MR) is 105 cm³/mol. The van der Waals surface area contributed by atoms with E-state index in [0.717, 1.165) is 0 Å². The summed E-state index contributed by atoms with van der Waals surface area (Å²) in [7, 11) is 1.34. The second-order valence-electron chi connectivity index (χ2n) is 6.01. The summed E-state index contributed by atoms with van der Waals surface area (Å²) in [5.41, 5.74) is 1.37. The van der Waals surface area contributed by atoms with Gasteiger partial charge in [0.25, 0.3) is 0 Å². The number of nitriles is 2. The molecule has 0 aliphatic heterocycles. The minimum absolute atomic E-state index is 0.0980. The van der Waals surface area contributed by atoms with Gasteiger partial charge in [-0.3, -0.25) is 4.79 Å². The van der Waals surface area contributed by atoms with Gasteiger partial charge in [0, 0.05) is 11.6 Å². The van der Waals surface area contributed by atoms with Crippen molar-refractivity contribution < 1.29 is 19.0 Å². The number of para-hydroxylation sites is 1. The number of benzene rings is 3. The summed E-state index contributed by atoms with van der Waals surface area (Å²) in [5, 5.41) is 18.2. The van der Waals surface area contributed by atoms with Crippen LogP contribution in [0.5, 0.6) is 23.0 Å². The molecule has 0 spiro atoms. The highest BCUT2D eigenvalue weighted by atomic mass is 16.5. The molecule has 142 valence electrons. The molecule has 0 heterocycles. The number of carbonyl (C=O) groups is 1. The lowest BCUT2D eigenvalue weighted by molar-refractivity contribution is -0.139. The van der Waals surface area contributed by atoms with E-state index in [1.165, 1.54) is 13.2 Å². The molecule has 0 aliphatic carbocycles. The van der Waals surface area contributed by atoms with Crippen LogP contribution in [0.3, 0.4) is 0 Å². The molecular formula is C23H16N2O4. The lowest BCUT2D eigenvalue weighted by atomic mass is 10.1. The zero-order chi connectivity index (χ0) is 20.6. The third kappa shape index (κ3) is 5.12. The number of nitrogens with zero attached hydrogens (tertiary/aromatic N) is 2.